The zero-order chi connectivity index (χ0) is 17.8. The van der Waals surface area contributed by atoms with Gasteiger partial charge in [-0.15, -0.1) is 16.4 Å². The zero-order valence-corrected chi connectivity index (χ0v) is 16.1. The summed E-state index contributed by atoms with van der Waals surface area (Å²) in [6.45, 7) is 6.73. The maximum Gasteiger partial charge on any atom is 0.309 e. The van der Waals surface area contributed by atoms with Crippen molar-refractivity contribution in [2.45, 2.75) is 39.8 Å². The van der Waals surface area contributed by atoms with Crippen molar-refractivity contribution in [1.82, 2.24) is 14.8 Å². The number of aryl methyl sites for hydroxylation is 1. The molecule has 0 amide bonds. The van der Waals surface area contributed by atoms with E-state index in [2.05, 4.69) is 10.1 Å². The third-order valence-corrected chi connectivity index (χ3v) is 5.45. The van der Waals surface area contributed by atoms with Gasteiger partial charge in [0.2, 0.25) is 5.89 Å². The minimum absolute atomic E-state index is 0.0254. The van der Waals surface area contributed by atoms with Crippen LogP contribution in [-0.2, 0) is 22.6 Å². The van der Waals surface area contributed by atoms with E-state index in [-0.39, 0.29) is 11.9 Å². The van der Waals surface area contributed by atoms with Gasteiger partial charge in [-0.05, 0) is 26.1 Å². The molecule has 2 aromatic rings. The van der Waals surface area contributed by atoms with Gasteiger partial charge in [-0.3, -0.25) is 4.79 Å². The summed E-state index contributed by atoms with van der Waals surface area (Å²) in [7, 11) is 0. The number of ether oxygens (including phenoxy) is 1. The van der Waals surface area contributed by atoms with Gasteiger partial charge >= 0.3 is 5.97 Å². The summed E-state index contributed by atoms with van der Waals surface area (Å²) in [5, 5.41) is 7.53. The van der Waals surface area contributed by atoms with Gasteiger partial charge in [0.25, 0.3) is 4.84 Å². The number of nitrogens with zero attached hydrogens (tertiary/aromatic N) is 3. The van der Waals surface area contributed by atoms with E-state index < -0.39 is 0 Å². The number of carbonyl (C=O) groups is 1. The van der Waals surface area contributed by atoms with Gasteiger partial charge < -0.3 is 14.1 Å². The summed E-state index contributed by atoms with van der Waals surface area (Å²) in [4.78, 5) is 18.0. The lowest BCUT2D eigenvalue weighted by Gasteiger charge is -2.27. The molecule has 136 valence electrons. The molecule has 7 nitrogen and oxygen atoms in total. The molecule has 1 aliphatic rings. The normalized spacial score (nSPS) is 20.6. The smallest absolute Gasteiger partial charge is 0.309 e. The number of nitrogens with one attached hydrogen (secondary N) is 1. The lowest BCUT2D eigenvalue weighted by Crippen LogP contribution is -3.12. The molecule has 3 rings (SSSR count). The second-order valence-electron chi connectivity index (χ2n) is 6.23. The highest BCUT2D eigenvalue weighted by Gasteiger charge is 2.28. The molecular formula is C16H23N4O3S2+. The van der Waals surface area contributed by atoms with Crippen LogP contribution in [0.1, 0.15) is 36.4 Å². The topological polar surface area (TPSA) is 74.6 Å². The minimum Gasteiger partial charge on any atom is -0.466 e. The zero-order valence-electron chi connectivity index (χ0n) is 14.5. The number of piperidine rings is 1. The van der Waals surface area contributed by atoms with Crippen LogP contribution in [0.25, 0.3) is 0 Å². The van der Waals surface area contributed by atoms with E-state index in [1.807, 2.05) is 19.2 Å². The number of carbonyl (C=O) groups excluding carboxylic acids is 1. The van der Waals surface area contributed by atoms with Crippen LogP contribution in [0, 0.1) is 17.7 Å². The SMILES string of the molecule is CCOC(=O)C1CC[NH+](Cn2nc(Cc3csc(C)n3)oc2=S)CC1. The molecule has 3 heterocycles. The van der Waals surface area contributed by atoms with Crippen molar-refractivity contribution in [2.75, 3.05) is 19.7 Å². The van der Waals surface area contributed by atoms with Crippen LogP contribution in [0.5, 0.6) is 0 Å². The quantitative estimate of drug-likeness (QED) is 0.600. The Bertz CT molecular complexity index is 774. The van der Waals surface area contributed by atoms with Crippen LogP contribution >= 0.6 is 23.6 Å². The van der Waals surface area contributed by atoms with Crippen molar-refractivity contribution >= 4 is 29.5 Å². The summed E-state index contributed by atoms with van der Waals surface area (Å²) in [5.41, 5.74) is 0.952. The Hall–Kier alpha value is -1.58. The molecule has 0 radical (unpaired) electrons. The first-order valence-electron chi connectivity index (χ1n) is 8.53. The molecule has 0 aliphatic carbocycles. The summed E-state index contributed by atoms with van der Waals surface area (Å²) in [6.07, 6.45) is 2.23. The number of thiazole rings is 1. The van der Waals surface area contributed by atoms with Gasteiger partial charge in [0.1, 0.15) is 0 Å². The van der Waals surface area contributed by atoms with Crippen molar-refractivity contribution in [3.05, 3.63) is 26.8 Å². The predicted octanol–water partition coefficient (Wildman–Crippen LogP) is 1.38. The number of esters is 1. The predicted molar refractivity (Wildman–Crippen MR) is 95.0 cm³/mol. The molecule has 1 fully saturated rings. The third kappa shape index (κ3) is 4.74. The van der Waals surface area contributed by atoms with Crippen molar-refractivity contribution in [1.29, 1.82) is 0 Å². The fourth-order valence-electron chi connectivity index (χ4n) is 3.06. The first kappa shape index (κ1) is 18.2. The Labute approximate surface area is 155 Å². The molecule has 0 bridgehead atoms. The van der Waals surface area contributed by atoms with Gasteiger partial charge in [-0.1, -0.05) is 0 Å². The summed E-state index contributed by atoms with van der Waals surface area (Å²) < 4.78 is 12.5. The van der Waals surface area contributed by atoms with Crippen LogP contribution in [0.2, 0.25) is 0 Å². The fourth-order valence-corrected chi connectivity index (χ4v) is 3.87. The second kappa shape index (κ2) is 8.20. The van der Waals surface area contributed by atoms with E-state index >= 15 is 0 Å². The van der Waals surface area contributed by atoms with Gasteiger partial charge in [0.05, 0.1) is 42.7 Å². The average Bonchev–Trinajstić information content (AvgIpc) is 3.14. The van der Waals surface area contributed by atoms with Gasteiger partial charge in [0.15, 0.2) is 6.67 Å². The number of likely N-dealkylation sites (tertiary alicyclic amines) is 1. The molecule has 0 spiro atoms. The highest BCUT2D eigenvalue weighted by molar-refractivity contribution is 7.71. The first-order chi connectivity index (χ1) is 12.0. The van der Waals surface area contributed by atoms with Gasteiger partial charge in [0, 0.05) is 18.2 Å². The standard InChI is InChI=1S/C16H22N4O3S2/c1-3-22-15(21)12-4-6-19(7-5-12)10-20-16(24)23-14(18-20)8-13-9-25-11(2)17-13/h9,12H,3-8,10H2,1-2H3/p+1. The summed E-state index contributed by atoms with van der Waals surface area (Å²) in [6, 6.07) is 0. The van der Waals surface area contributed by atoms with E-state index in [1.54, 1.807) is 16.0 Å². The molecule has 2 aromatic heterocycles. The molecule has 1 saturated heterocycles. The Morgan fingerprint density at radius 2 is 2.28 bits per heavy atom. The van der Waals surface area contributed by atoms with E-state index in [4.69, 9.17) is 21.4 Å². The van der Waals surface area contributed by atoms with E-state index in [9.17, 15) is 4.79 Å². The first-order valence-corrected chi connectivity index (χ1v) is 9.82. The number of rotatable bonds is 6. The molecule has 1 N–H and O–H groups in total. The molecule has 1 aliphatic heterocycles. The number of hydrogen-bond acceptors (Lipinski definition) is 7. The molecule has 9 heteroatoms. The van der Waals surface area contributed by atoms with Crippen LogP contribution in [-0.4, -0.2) is 40.4 Å². The number of hydrogen-bond donors (Lipinski definition) is 1. The molecular weight excluding hydrogens is 360 g/mol. The minimum atomic E-state index is -0.0690. The Balaban J connectivity index is 1.55. The van der Waals surface area contributed by atoms with E-state index in [0.717, 1.165) is 36.6 Å². The number of quaternary nitrogens is 1. The molecule has 0 saturated carbocycles. The highest BCUT2D eigenvalue weighted by atomic mass is 32.1. The van der Waals surface area contributed by atoms with Gasteiger partial charge in [-0.25, -0.2) is 4.98 Å². The third-order valence-electron chi connectivity index (χ3n) is 4.33. The molecule has 25 heavy (non-hydrogen) atoms. The second-order valence-corrected chi connectivity index (χ2v) is 7.64. The van der Waals surface area contributed by atoms with Crippen LogP contribution in [0.3, 0.4) is 0 Å². The Morgan fingerprint density at radius 1 is 1.52 bits per heavy atom. The van der Waals surface area contributed by atoms with Crippen LogP contribution in [0.4, 0.5) is 0 Å². The van der Waals surface area contributed by atoms with Crippen LogP contribution < -0.4 is 4.90 Å². The maximum absolute atomic E-state index is 11.8. The largest absolute Gasteiger partial charge is 0.466 e. The summed E-state index contributed by atoms with van der Waals surface area (Å²) in [5.74, 6) is 0.550. The van der Waals surface area contributed by atoms with Crippen LogP contribution in [0.15, 0.2) is 9.80 Å². The van der Waals surface area contributed by atoms with Gasteiger partial charge in [-0.2, -0.15) is 4.68 Å². The summed E-state index contributed by atoms with van der Waals surface area (Å²) >= 11 is 6.90. The Morgan fingerprint density at radius 3 is 2.92 bits per heavy atom. The van der Waals surface area contributed by atoms with E-state index in [1.165, 1.54) is 4.90 Å². The maximum atomic E-state index is 11.8. The molecule has 0 unspecified atom stereocenters. The van der Waals surface area contributed by atoms with Crippen molar-refractivity contribution in [2.24, 2.45) is 5.92 Å². The molecule has 0 aromatic carbocycles. The average molecular weight is 384 g/mol. The van der Waals surface area contributed by atoms with E-state index in [0.29, 0.717) is 30.4 Å². The highest BCUT2D eigenvalue weighted by Crippen LogP contribution is 2.13. The van der Waals surface area contributed by atoms with Crippen molar-refractivity contribution < 1.29 is 18.8 Å². The lowest BCUT2D eigenvalue weighted by atomic mass is 9.97. The Kier molecular flexibility index (Phi) is 5.98. The van der Waals surface area contributed by atoms with Crippen molar-refractivity contribution in [3.63, 3.8) is 0 Å². The van der Waals surface area contributed by atoms with Crippen molar-refractivity contribution in [3.8, 4) is 0 Å². The lowest BCUT2D eigenvalue weighted by molar-refractivity contribution is -0.929. The monoisotopic (exact) mass is 383 g/mol. The fraction of sp³-hybridized carbons (Fsp3) is 0.625. The number of aromatic nitrogens is 3. The molecule has 0 atom stereocenters.